The summed E-state index contributed by atoms with van der Waals surface area (Å²) >= 11 is 0. The molecule has 1 aliphatic heterocycles. The van der Waals surface area contributed by atoms with Gasteiger partial charge < -0.3 is 9.52 Å². The van der Waals surface area contributed by atoms with Gasteiger partial charge in [0.05, 0.1) is 18.3 Å². The average Bonchev–Trinajstić information content (AvgIpc) is 2.84. The van der Waals surface area contributed by atoms with Crippen LogP contribution in [-0.2, 0) is 12.0 Å². The van der Waals surface area contributed by atoms with Crippen LogP contribution in [0.25, 0.3) is 0 Å². The molecule has 108 valence electrons. The van der Waals surface area contributed by atoms with E-state index in [9.17, 15) is 5.11 Å². The maximum absolute atomic E-state index is 10.2. The highest BCUT2D eigenvalue weighted by Gasteiger charge is 2.36. The van der Waals surface area contributed by atoms with Gasteiger partial charge in [-0.3, -0.25) is 4.90 Å². The third kappa shape index (κ3) is 3.37. The second-order valence-electron chi connectivity index (χ2n) is 7.15. The Morgan fingerprint density at radius 1 is 1.37 bits per heavy atom. The molecule has 4 heteroatoms. The molecule has 0 aliphatic carbocycles. The molecule has 0 radical (unpaired) electrons. The molecule has 2 heterocycles. The van der Waals surface area contributed by atoms with E-state index in [4.69, 9.17) is 4.42 Å². The van der Waals surface area contributed by atoms with Crippen LogP contribution in [0.15, 0.2) is 10.6 Å². The molecule has 0 aromatic carbocycles. The Morgan fingerprint density at radius 3 is 2.58 bits per heavy atom. The highest BCUT2D eigenvalue weighted by molar-refractivity contribution is 5.06. The quantitative estimate of drug-likeness (QED) is 0.914. The van der Waals surface area contributed by atoms with Crippen molar-refractivity contribution in [3.63, 3.8) is 0 Å². The second-order valence-corrected chi connectivity index (χ2v) is 7.15. The number of aliphatic hydroxyl groups is 1. The minimum absolute atomic E-state index is 0.00803. The van der Waals surface area contributed by atoms with Crippen LogP contribution in [0, 0.1) is 0 Å². The van der Waals surface area contributed by atoms with Gasteiger partial charge >= 0.3 is 0 Å². The van der Waals surface area contributed by atoms with E-state index in [0.29, 0.717) is 6.54 Å². The van der Waals surface area contributed by atoms with E-state index < -0.39 is 5.60 Å². The number of nitrogens with zero attached hydrogens (tertiary/aromatic N) is 2. The molecular weight excluding hydrogens is 240 g/mol. The Kier molecular flexibility index (Phi) is 3.76. The molecule has 0 spiro atoms. The lowest BCUT2D eigenvalue weighted by molar-refractivity contribution is -0.00742. The lowest BCUT2D eigenvalue weighted by Gasteiger charge is -2.33. The largest absolute Gasteiger partial charge is 0.444 e. The number of likely N-dealkylation sites (tertiary alicyclic amines) is 1. The smallest absolute Gasteiger partial charge is 0.208 e. The zero-order valence-electron chi connectivity index (χ0n) is 12.7. The Bertz CT molecular complexity index is 426. The molecule has 1 N–H and O–H groups in total. The van der Waals surface area contributed by atoms with E-state index in [1.165, 1.54) is 0 Å². The predicted octanol–water partition coefficient (Wildman–Crippen LogP) is 2.71. The van der Waals surface area contributed by atoms with E-state index in [2.05, 4.69) is 30.7 Å². The molecular formula is C15H26N2O2. The zero-order valence-corrected chi connectivity index (χ0v) is 12.7. The van der Waals surface area contributed by atoms with Gasteiger partial charge in [-0.2, -0.15) is 0 Å². The summed E-state index contributed by atoms with van der Waals surface area (Å²) in [5, 5.41) is 10.2. The van der Waals surface area contributed by atoms with Gasteiger partial charge in [0.15, 0.2) is 0 Å². The monoisotopic (exact) mass is 266 g/mol. The fraction of sp³-hybridized carbons (Fsp3) is 0.800. The van der Waals surface area contributed by atoms with Gasteiger partial charge in [-0.15, -0.1) is 0 Å². The molecule has 0 bridgehead atoms. The second kappa shape index (κ2) is 4.91. The first-order chi connectivity index (χ1) is 8.68. The first-order valence-corrected chi connectivity index (χ1v) is 7.09. The van der Waals surface area contributed by atoms with Gasteiger partial charge in [0.1, 0.15) is 5.76 Å². The molecule has 2 rings (SSSR count). The van der Waals surface area contributed by atoms with Gasteiger partial charge in [-0.1, -0.05) is 20.8 Å². The van der Waals surface area contributed by atoms with Crippen molar-refractivity contribution in [2.24, 2.45) is 0 Å². The molecule has 1 fully saturated rings. The number of rotatable bonds is 3. The van der Waals surface area contributed by atoms with E-state index in [1.807, 2.05) is 20.0 Å². The molecule has 4 nitrogen and oxygen atoms in total. The van der Waals surface area contributed by atoms with Gasteiger partial charge in [0, 0.05) is 11.5 Å². The maximum atomic E-state index is 10.2. The summed E-state index contributed by atoms with van der Waals surface area (Å²) in [4.78, 5) is 6.65. The third-order valence-corrected chi connectivity index (χ3v) is 3.81. The number of hydrogen-bond donors (Lipinski definition) is 1. The topological polar surface area (TPSA) is 49.5 Å². The van der Waals surface area contributed by atoms with E-state index in [0.717, 1.165) is 31.0 Å². The highest BCUT2D eigenvalue weighted by atomic mass is 16.4. The molecule has 1 aliphatic rings. The molecule has 19 heavy (non-hydrogen) atoms. The number of aromatic nitrogens is 1. The van der Waals surface area contributed by atoms with Crippen LogP contribution in [0.1, 0.15) is 59.1 Å². The van der Waals surface area contributed by atoms with Crippen LogP contribution < -0.4 is 0 Å². The van der Waals surface area contributed by atoms with Gasteiger partial charge in [0.2, 0.25) is 5.89 Å². The van der Waals surface area contributed by atoms with Crippen molar-refractivity contribution in [3.05, 3.63) is 17.8 Å². The lowest BCUT2D eigenvalue weighted by Crippen LogP contribution is -2.45. The van der Waals surface area contributed by atoms with Crippen molar-refractivity contribution in [2.45, 2.75) is 71.1 Å². The fourth-order valence-electron chi connectivity index (χ4n) is 2.72. The zero-order chi connectivity index (χ0) is 14.3. The average molecular weight is 266 g/mol. The van der Waals surface area contributed by atoms with E-state index >= 15 is 0 Å². The standard InChI is InChI=1S/C15H26N2O2/c1-14(2,3)12-9-16-13(19-12)10-17-8-6-7-11(17)15(4,5)18/h9,11,18H,6-8,10H2,1-5H3. The molecule has 0 amide bonds. The lowest BCUT2D eigenvalue weighted by atomic mass is 9.94. The minimum atomic E-state index is -0.671. The van der Waals surface area contributed by atoms with Crippen LogP contribution in [0.2, 0.25) is 0 Å². The summed E-state index contributed by atoms with van der Waals surface area (Å²) in [6.07, 6.45) is 3.99. The molecule has 0 saturated carbocycles. The number of hydrogen-bond acceptors (Lipinski definition) is 4. The molecule has 1 aromatic rings. The molecule has 1 unspecified atom stereocenters. The van der Waals surface area contributed by atoms with Crippen molar-refractivity contribution < 1.29 is 9.52 Å². The Balaban J connectivity index is 2.07. The first kappa shape index (κ1) is 14.5. The molecule has 1 atom stereocenters. The van der Waals surface area contributed by atoms with Crippen LogP contribution in [0.5, 0.6) is 0 Å². The van der Waals surface area contributed by atoms with Crippen LogP contribution >= 0.6 is 0 Å². The Morgan fingerprint density at radius 2 is 2.05 bits per heavy atom. The summed E-state index contributed by atoms with van der Waals surface area (Å²) in [6, 6.07) is 0.192. The van der Waals surface area contributed by atoms with Crippen molar-refractivity contribution in [1.82, 2.24) is 9.88 Å². The first-order valence-electron chi connectivity index (χ1n) is 7.09. The summed E-state index contributed by atoms with van der Waals surface area (Å²) < 4.78 is 5.84. The van der Waals surface area contributed by atoms with Crippen molar-refractivity contribution >= 4 is 0 Å². The van der Waals surface area contributed by atoms with E-state index in [1.54, 1.807) is 0 Å². The summed E-state index contributed by atoms with van der Waals surface area (Å²) in [7, 11) is 0. The van der Waals surface area contributed by atoms with Crippen LogP contribution in [0.4, 0.5) is 0 Å². The predicted molar refractivity (Wildman–Crippen MR) is 74.9 cm³/mol. The SMILES string of the molecule is CC(C)(C)c1cnc(CN2CCCC2C(C)(C)O)o1. The molecule has 1 aromatic heterocycles. The van der Waals surface area contributed by atoms with Crippen LogP contribution in [-0.4, -0.2) is 33.2 Å². The maximum Gasteiger partial charge on any atom is 0.208 e. The number of oxazole rings is 1. The summed E-state index contributed by atoms with van der Waals surface area (Å²) in [5.41, 5.74) is -0.679. The summed E-state index contributed by atoms with van der Waals surface area (Å²) in [6.45, 7) is 11.8. The van der Waals surface area contributed by atoms with Gasteiger partial charge in [0.25, 0.3) is 0 Å². The van der Waals surface area contributed by atoms with Gasteiger partial charge in [-0.25, -0.2) is 4.98 Å². The van der Waals surface area contributed by atoms with E-state index in [-0.39, 0.29) is 11.5 Å². The van der Waals surface area contributed by atoms with Crippen molar-refractivity contribution in [1.29, 1.82) is 0 Å². The van der Waals surface area contributed by atoms with Crippen molar-refractivity contribution in [2.75, 3.05) is 6.54 Å². The van der Waals surface area contributed by atoms with Gasteiger partial charge in [-0.05, 0) is 33.2 Å². The van der Waals surface area contributed by atoms with Crippen LogP contribution in [0.3, 0.4) is 0 Å². The Labute approximate surface area is 115 Å². The summed E-state index contributed by atoms with van der Waals surface area (Å²) in [5.74, 6) is 1.67. The third-order valence-electron chi connectivity index (χ3n) is 3.81. The molecule has 1 saturated heterocycles. The normalized spacial score (nSPS) is 22.1. The fourth-order valence-corrected chi connectivity index (χ4v) is 2.72. The van der Waals surface area contributed by atoms with Crippen molar-refractivity contribution in [3.8, 4) is 0 Å². The minimum Gasteiger partial charge on any atom is -0.444 e. The highest BCUT2D eigenvalue weighted by Crippen LogP contribution is 2.29. The Hall–Kier alpha value is -0.870.